The van der Waals surface area contributed by atoms with E-state index in [4.69, 9.17) is 22.2 Å². The van der Waals surface area contributed by atoms with Crippen LogP contribution in [0.2, 0.25) is 5.02 Å². The van der Waals surface area contributed by atoms with Gasteiger partial charge in [-0.15, -0.1) is 10.2 Å². The molecule has 1 aromatic carbocycles. The van der Waals surface area contributed by atoms with Gasteiger partial charge in [-0.2, -0.15) is 0 Å². The summed E-state index contributed by atoms with van der Waals surface area (Å²) >= 11 is 7.44. The third-order valence-corrected chi connectivity index (χ3v) is 5.13. The number of hydrogen-bond donors (Lipinski definition) is 1. The van der Waals surface area contributed by atoms with Gasteiger partial charge in [-0.05, 0) is 26.0 Å². The van der Waals surface area contributed by atoms with E-state index in [-0.39, 0.29) is 23.9 Å². The van der Waals surface area contributed by atoms with Crippen LogP contribution < -0.4 is 5.84 Å². The number of carbonyl (C=O) groups excluding carboxylic acids is 1. The van der Waals surface area contributed by atoms with Crippen molar-refractivity contribution >= 4 is 29.3 Å². The first kappa shape index (κ1) is 18.0. The highest BCUT2D eigenvalue weighted by Crippen LogP contribution is 2.27. The molecule has 0 radical (unpaired) electrons. The molecule has 1 fully saturated rings. The minimum absolute atomic E-state index is 0.0364. The van der Waals surface area contributed by atoms with Crippen LogP contribution in [0.25, 0.3) is 11.4 Å². The van der Waals surface area contributed by atoms with Crippen LogP contribution in [0.1, 0.15) is 13.8 Å². The van der Waals surface area contributed by atoms with Gasteiger partial charge in [-0.1, -0.05) is 35.5 Å². The van der Waals surface area contributed by atoms with E-state index < -0.39 is 0 Å². The van der Waals surface area contributed by atoms with Crippen LogP contribution in [0.15, 0.2) is 29.4 Å². The molecule has 7 nitrogen and oxygen atoms in total. The fourth-order valence-corrected chi connectivity index (χ4v) is 3.78. The standard InChI is InChI=1S/C16H20ClN5O2S/c1-10-7-21(8-11(2)24-10)14(23)9-25-16-20-19-15(22(16)18)12-5-3-4-6-13(12)17/h3-6,10-11H,7-9,18H2,1-2H3/t10-,11-/m0/s1. The van der Waals surface area contributed by atoms with Gasteiger partial charge in [0.2, 0.25) is 11.1 Å². The Bertz CT molecular complexity index is 759. The van der Waals surface area contributed by atoms with Crippen molar-refractivity contribution in [1.82, 2.24) is 19.8 Å². The highest BCUT2D eigenvalue weighted by Gasteiger charge is 2.26. The summed E-state index contributed by atoms with van der Waals surface area (Å²) in [4.78, 5) is 14.3. The number of thioether (sulfide) groups is 1. The Balaban J connectivity index is 1.66. The quantitative estimate of drug-likeness (QED) is 0.644. The third kappa shape index (κ3) is 4.08. The van der Waals surface area contributed by atoms with E-state index >= 15 is 0 Å². The molecule has 134 valence electrons. The number of morpholine rings is 1. The largest absolute Gasteiger partial charge is 0.372 e. The summed E-state index contributed by atoms with van der Waals surface area (Å²) in [5, 5.41) is 9.19. The molecule has 1 aliphatic heterocycles. The predicted molar refractivity (Wildman–Crippen MR) is 97.9 cm³/mol. The molecule has 1 amide bonds. The van der Waals surface area contributed by atoms with Crippen LogP contribution in [0.4, 0.5) is 0 Å². The second-order valence-corrected chi connectivity index (χ2v) is 7.35. The minimum atomic E-state index is 0.0364. The van der Waals surface area contributed by atoms with Crippen molar-refractivity contribution in [3.8, 4) is 11.4 Å². The zero-order valence-corrected chi connectivity index (χ0v) is 15.6. The Morgan fingerprint density at radius 2 is 2.00 bits per heavy atom. The number of nitrogen functional groups attached to an aromatic ring is 1. The van der Waals surface area contributed by atoms with Crippen molar-refractivity contribution in [3.63, 3.8) is 0 Å². The van der Waals surface area contributed by atoms with Crippen LogP contribution >= 0.6 is 23.4 Å². The van der Waals surface area contributed by atoms with E-state index in [1.165, 1.54) is 16.4 Å². The third-order valence-electron chi connectivity index (χ3n) is 3.88. The maximum Gasteiger partial charge on any atom is 0.233 e. The Morgan fingerprint density at radius 3 is 2.68 bits per heavy atom. The molecule has 2 aromatic rings. The molecule has 2 N–H and O–H groups in total. The van der Waals surface area contributed by atoms with Crippen LogP contribution in [0.5, 0.6) is 0 Å². The maximum atomic E-state index is 12.4. The zero-order valence-electron chi connectivity index (χ0n) is 14.1. The van der Waals surface area contributed by atoms with Gasteiger partial charge in [-0.3, -0.25) is 4.79 Å². The van der Waals surface area contributed by atoms with Gasteiger partial charge in [0.25, 0.3) is 0 Å². The number of ether oxygens (including phenoxy) is 1. The van der Waals surface area contributed by atoms with Crippen LogP contribution in [-0.4, -0.2) is 56.7 Å². The molecule has 1 aliphatic rings. The van der Waals surface area contributed by atoms with E-state index in [9.17, 15) is 4.79 Å². The topological polar surface area (TPSA) is 86.3 Å². The highest BCUT2D eigenvalue weighted by molar-refractivity contribution is 7.99. The SMILES string of the molecule is C[C@H]1CN(C(=O)CSc2nnc(-c3ccccc3Cl)n2N)C[C@H](C)O1. The fourth-order valence-electron chi connectivity index (χ4n) is 2.80. The lowest BCUT2D eigenvalue weighted by molar-refractivity contribution is -0.140. The summed E-state index contributed by atoms with van der Waals surface area (Å²) in [6.45, 7) is 5.14. The molecule has 1 aromatic heterocycles. The molecule has 0 aliphatic carbocycles. The van der Waals surface area contributed by atoms with Gasteiger partial charge >= 0.3 is 0 Å². The van der Waals surface area contributed by atoms with Crippen molar-refractivity contribution in [2.45, 2.75) is 31.2 Å². The smallest absolute Gasteiger partial charge is 0.233 e. The average molecular weight is 382 g/mol. The number of aromatic nitrogens is 3. The zero-order chi connectivity index (χ0) is 18.0. The van der Waals surface area contributed by atoms with Gasteiger partial charge in [0.15, 0.2) is 5.82 Å². The lowest BCUT2D eigenvalue weighted by Gasteiger charge is -2.35. The molecule has 2 atom stereocenters. The molecule has 2 heterocycles. The first-order chi connectivity index (χ1) is 12.0. The van der Waals surface area contributed by atoms with Gasteiger partial charge in [0.1, 0.15) is 0 Å². The number of carbonyl (C=O) groups is 1. The summed E-state index contributed by atoms with van der Waals surface area (Å²) in [6, 6.07) is 7.28. The number of hydrogen-bond acceptors (Lipinski definition) is 6. The Labute approximate surface area is 155 Å². The number of nitrogens with two attached hydrogens (primary N) is 1. The molecule has 0 spiro atoms. The van der Waals surface area contributed by atoms with Crippen molar-refractivity contribution in [1.29, 1.82) is 0 Å². The monoisotopic (exact) mass is 381 g/mol. The molecule has 0 saturated carbocycles. The van der Waals surface area contributed by atoms with Crippen molar-refractivity contribution in [3.05, 3.63) is 29.3 Å². The lowest BCUT2D eigenvalue weighted by Crippen LogP contribution is -2.48. The van der Waals surface area contributed by atoms with Crippen LogP contribution in [0.3, 0.4) is 0 Å². The Kier molecular flexibility index (Phi) is 5.51. The number of benzene rings is 1. The van der Waals surface area contributed by atoms with Gasteiger partial charge in [0.05, 0.1) is 23.0 Å². The molecule has 3 rings (SSSR count). The number of rotatable bonds is 4. The molecule has 25 heavy (non-hydrogen) atoms. The fraction of sp³-hybridized carbons (Fsp3) is 0.438. The second-order valence-electron chi connectivity index (χ2n) is 6.00. The Hall–Kier alpha value is -1.77. The normalized spacial score (nSPS) is 20.7. The summed E-state index contributed by atoms with van der Waals surface area (Å²) in [6.07, 6.45) is 0.0883. The average Bonchev–Trinajstić information content (AvgIpc) is 2.93. The van der Waals surface area contributed by atoms with Crippen molar-refractivity contribution < 1.29 is 9.53 Å². The van der Waals surface area contributed by atoms with Crippen molar-refractivity contribution in [2.75, 3.05) is 24.7 Å². The first-order valence-electron chi connectivity index (χ1n) is 7.97. The summed E-state index contributed by atoms with van der Waals surface area (Å²) in [5.74, 6) is 6.83. The van der Waals surface area contributed by atoms with E-state index in [0.717, 1.165) is 0 Å². The maximum absolute atomic E-state index is 12.4. The summed E-state index contributed by atoms with van der Waals surface area (Å²) in [7, 11) is 0. The van der Waals surface area contributed by atoms with Crippen LogP contribution in [-0.2, 0) is 9.53 Å². The molecule has 1 saturated heterocycles. The molecule has 0 bridgehead atoms. The van der Waals surface area contributed by atoms with Gasteiger partial charge in [-0.25, -0.2) is 4.68 Å². The summed E-state index contributed by atoms with van der Waals surface area (Å²) in [5.41, 5.74) is 0.702. The molecule has 9 heteroatoms. The van der Waals surface area contributed by atoms with E-state index in [0.29, 0.717) is 34.7 Å². The molecular weight excluding hydrogens is 362 g/mol. The van der Waals surface area contributed by atoms with Gasteiger partial charge in [0, 0.05) is 18.7 Å². The predicted octanol–water partition coefficient (Wildman–Crippen LogP) is 2.04. The van der Waals surface area contributed by atoms with E-state index in [2.05, 4.69) is 10.2 Å². The van der Waals surface area contributed by atoms with Crippen molar-refractivity contribution in [2.24, 2.45) is 0 Å². The van der Waals surface area contributed by atoms with E-state index in [1.807, 2.05) is 36.9 Å². The minimum Gasteiger partial charge on any atom is -0.372 e. The first-order valence-corrected chi connectivity index (χ1v) is 9.33. The molecular formula is C16H20ClN5O2S. The number of halogens is 1. The lowest BCUT2D eigenvalue weighted by atomic mass is 10.2. The number of amides is 1. The molecule has 0 unspecified atom stereocenters. The number of nitrogens with zero attached hydrogens (tertiary/aromatic N) is 4. The van der Waals surface area contributed by atoms with Gasteiger partial charge < -0.3 is 15.5 Å². The highest BCUT2D eigenvalue weighted by atomic mass is 35.5. The van der Waals surface area contributed by atoms with E-state index in [1.54, 1.807) is 6.07 Å². The summed E-state index contributed by atoms with van der Waals surface area (Å²) < 4.78 is 7.02. The Morgan fingerprint density at radius 1 is 1.32 bits per heavy atom. The second kappa shape index (κ2) is 7.63. The van der Waals surface area contributed by atoms with Crippen LogP contribution in [0, 0.1) is 0 Å².